The average Bonchev–Trinajstić information content (AvgIpc) is 3.26. The molecule has 0 saturated heterocycles. The molecule has 1 aromatic rings. The number of allylic oxidation sites excluding steroid dienone is 3. The smallest absolute Gasteiger partial charge is 0.151 e. The Morgan fingerprint density at radius 1 is 1.19 bits per heavy atom. The molecule has 1 aliphatic carbocycles. The Hall–Kier alpha value is -1.65. The highest BCUT2D eigenvalue weighted by molar-refractivity contribution is 6.42. The molecule has 0 aromatic heterocycles. The second-order valence-electron chi connectivity index (χ2n) is 5.53. The van der Waals surface area contributed by atoms with E-state index >= 15 is 0 Å². The second kappa shape index (κ2) is 4.68. The van der Waals surface area contributed by atoms with Crippen LogP contribution >= 0.6 is 23.2 Å². The number of nitrogens with two attached hydrogens (primary N) is 1. The van der Waals surface area contributed by atoms with E-state index < -0.39 is 0 Å². The highest BCUT2D eigenvalue weighted by atomic mass is 35.5. The lowest BCUT2D eigenvalue weighted by Gasteiger charge is -2.26. The minimum absolute atomic E-state index is 0.0601. The van der Waals surface area contributed by atoms with Crippen LogP contribution in [0.5, 0.6) is 0 Å². The number of nitrogens with one attached hydrogen (secondary N) is 2. The van der Waals surface area contributed by atoms with Crippen LogP contribution in [0.3, 0.4) is 0 Å². The van der Waals surface area contributed by atoms with Gasteiger partial charge in [-0.15, -0.1) is 0 Å². The molecule has 3 aliphatic rings. The van der Waals surface area contributed by atoms with Crippen molar-refractivity contribution in [1.82, 2.24) is 10.7 Å². The Morgan fingerprint density at radius 2 is 2.00 bits per heavy atom. The van der Waals surface area contributed by atoms with Gasteiger partial charge in [0.05, 0.1) is 10.0 Å². The number of hydrogen-bond acceptors (Lipinski definition) is 4. The highest BCUT2D eigenvalue weighted by Gasteiger charge is 2.35. The fraction of sp³-hybridized carbons (Fsp3) is 0.267. The van der Waals surface area contributed by atoms with Crippen LogP contribution in [0.2, 0.25) is 10.0 Å². The molecule has 1 unspecified atom stereocenters. The zero-order chi connectivity index (χ0) is 14.6. The number of amidine groups is 1. The SMILES string of the molecule is NC1=NNC2NC(C3CC3)=CC(c3ccc(Cl)c(Cl)c3)=C12. The zero-order valence-electron chi connectivity index (χ0n) is 11.2. The van der Waals surface area contributed by atoms with Gasteiger partial charge in [-0.05, 0) is 48.1 Å². The molecule has 1 fully saturated rings. The van der Waals surface area contributed by atoms with Crippen LogP contribution in [0.4, 0.5) is 0 Å². The molecule has 4 rings (SSSR count). The molecule has 2 heterocycles. The fourth-order valence-corrected chi connectivity index (χ4v) is 3.08. The number of rotatable bonds is 2. The van der Waals surface area contributed by atoms with Crippen molar-refractivity contribution in [2.45, 2.75) is 19.0 Å². The van der Waals surface area contributed by atoms with E-state index in [9.17, 15) is 0 Å². The van der Waals surface area contributed by atoms with Crippen molar-refractivity contribution >= 4 is 34.6 Å². The number of dihydropyridines is 1. The lowest BCUT2D eigenvalue weighted by molar-refractivity contribution is 0.547. The summed E-state index contributed by atoms with van der Waals surface area (Å²) in [6, 6.07) is 5.65. The Bertz CT molecular complexity index is 716. The highest BCUT2D eigenvalue weighted by Crippen LogP contribution is 2.40. The van der Waals surface area contributed by atoms with E-state index in [1.165, 1.54) is 18.5 Å². The maximum Gasteiger partial charge on any atom is 0.151 e. The Balaban J connectivity index is 1.86. The average molecular weight is 321 g/mol. The minimum atomic E-state index is -0.0601. The van der Waals surface area contributed by atoms with Crippen molar-refractivity contribution in [3.8, 4) is 0 Å². The molecule has 0 radical (unpaired) electrons. The van der Waals surface area contributed by atoms with E-state index in [1.54, 1.807) is 0 Å². The number of benzene rings is 1. The van der Waals surface area contributed by atoms with Crippen LogP contribution in [0.15, 0.2) is 40.6 Å². The van der Waals surface area contributed by atoms with Crippen LogP contribution in [0.25, 0.3) is 5.57 Å². The van der Waals surface area contributed by atoms with Gasteiger partial charge in [-0.1, -0.05) is 29.3 Å². The Morgan fingerprint density at radius 3 is 2.71 bits per heavy atom. The molecule has 2 aliphatic heterocycles. The minimum Gasteiger partial charge on any atom is -0.382 e. The van der Waals surface area contributed by atoms with Crippen molar-refractivity contribution in [2.24, 2.45) is 16.8 Å². The van der Waals surface area contributed by atoms with Crippen molar-refractivity contribution < 1.29 is 0 Å². The molecule has 1 aromatic carbocycles. The van der Waals surface area contributed by atoms with Gasteiger partial charge in [0.25, 0.3) is 0 Å². The normalized spacial score (nSPS) is 24.0. The van der Waals surface area contributed by atoms with Gasteiger partial charge in [0, 0.05) is 11.3 Å². The van der Waals surface area contributed by atoms with Crippen LogP contribution < -0.4 is 16.5 Å². The van der Waals surface area contributed by atoms with E-state index in [-0.39, 0.29) is 6.17 Å². The van der Waals surface area contributed by atoms with Crippen LogP contribution in [0, 0.1) is 5.92 Å². The van der Waals surface area contributed by atoms with Crippen molar-refractivity contribution in [2.75, 3.05) is 0 Å². The summed E-state index contributed by atoms with van der Waals surface area (Å²) in [5.41, 5.74) is 13.3. The van der Waals surface area contributed by atoms with E-state index in [4.69, 9.17) is 28.9 Å². The van der Waals surface area contributed by atoms with Crippen molar-refractivity contribution in [3.05, 3.63) is 51.2 Å². The third kappa shape index (κ3) is 2.19. The number of nitrogens with zero attached hydrogens (tertiary/aromatic N) is 1. The van der Waals surface area contributed by atoms with Gasteiger partial charge in [-0.3, -0.25) is 5.43 Å². The van der Waals surface area contributed by atoms with E-state index in [1.807, 2.05) is 18.2 Å². The summed E-state index contributed by atoms with van der Waals surface area (Å²) in [7, 11) is 0. The van der Waals surface area contributed by atoms with Crippen molar-refractivity contribution in [1.29, 1.82) is 0 Å². The quantitative estimate of drug-likeness (QED) is 0.785. The summed E-state index contributed by atoms with van der Waals surface area (Å²) in [4.78, 5) is 0. The van der Waals surface area contributed by atoms with E-state index in [0.29, 0.717) is 21.8 Å². The first-order valence-electron chi connectivity index (χ1n) is 6.90. The second-order valence-corrected chi connectivity index (χ2v) is 6.35. The number of halogens is 2. The van der Waals surface area contributed by atoms with Crippen LogP contribution in [-0.4, -0.2) is 12.0 Å². The third-order valence-electron chi connectivity index (χ3n) is 4.03. The molecule has 1 saturated carbocycles. The summed E-state index contributed by atoms with van der Waals surface area (Å²) in [6.07, 6.45) is 4.56. The van der Waals surface area contributed by atoms with Gasteiger partial charge in [0.15, 0.2) is 5.84 Å². The predicted molar refractivity (Wildman–Crippen MR) is 85.9 cm³/mol. The number of hydrogen-bond donors (Lipinski definition) is 3. The lowest BCUT2D eigenvalue weighted by atomic mass is 9.93. The van der Waals surface area contributed by atoms with Gasteiger partial charge in [-0.25, -0.2) is 0 Å². The molecule has 4 N–H and O–H groups in total. The molecule has 108 valence electrons. The molecule has 0 bridgehead atoms. The summed E-state index contributed by atoms with van der Waals surface area (Å²) >= 11 is 12.2. The first-order valence-corrected chi connectivity index (χ1v) is 7.66. The molecule has 6 heteroatoms. The molecule has 0 amide bonds. The molecular formula is C15H14Cl2N4. The largest absolute Gasteiger partial charge is 0.382 e. The first kappa shape index (κ1) is 13.0. The number of fused-ring (bicyclic) bond motifs is 1. The van der Waals surface area contributed by atoms with Gasteiger partial charge in [0.2, 0.25) is 0 Å². The predicted octanol–water partition coefficient (Wildman–Crippen LogP) is 2.85. The van der Waals surface area contributed by atoms with Crippen LogP contribution in [-0.2, 0) is 0 Å². The van der Waals surface area contributed by atoms with Gasteiger partial charge in [-0.2, -0.15) is 5.10 Å². The van der Waals surface area contributed by atoms with E-state index in [2.05, 4.69) is 21.9 Å². The lowest BCUT2D eigenvalue weighted by Crippen LogP contribution is -2.41. The zero-order valence-corrected chi connectivity index (χ0v) is 12.7. The third-order valence-corrected chi connectivity index (χ3v) is 4.77. The monoisotopic (exact) mass is 320 g/mol. The standard InChI is InChI=1S/C15H14Cl2N4/c16-10-4-3-8(5-11(10)17)9-6-12(7-1-2-7)19-15-13(9)14(18)20-21-15/h3-7,15,19,21H,1-2H2,(H2,18,20). The van der Waals surface area contributed by atoms with Gasteiger partial charge in [0.1, 0.15) is 6.17 Å². The Kier molecular flexibility index (Phi) is 2.91. The first-order chi connectivity index (χ1) is 10.1. The van der Waals surface area contributed by atoms with Gasteiger partial charge < -0.3 is 11.1 Å². The Labute approximate surface area is 132 Å². The van der Waals surface area contributed by atoms with Crippen LogP contribution in [0.1, 0.15) is 18.4 Å². The summed E-state index contributed by atoms with van der Waals surface area (Å²) in [6.45, 7) is 0. The van der Waals surface area contributed by atoms with Gasteiger partial charge >= 0.3 is 0 Å². The topological polar surface area (TPSA) is 62.4 Å². The molecule has 21 heavy (non-hydrogen) atoms. The maximum atomic E-state index is 6.16. The van der Waals surface area contributed by atoms with E-state index in [0.717, 1.165) is 16.7 Å². The molecule has 1 atom stereocenters. The molecular weight excluding hydrogens is 307 g/mol. The maximum absolute atomic E-state index is 6.16. The summed E-state index contributed by atoms with van der Waals surface area (Å²) in [5.74, 6) is 1.13. The summed E-state index contributed by atoms with van der Waals surface area (Å²) < 4.78 is 0. The fourth-order valence-electron chi connectivity index (χ4n) is 2.78. The molecule has 0 spiro atoms. The van der Waals surface area contributed by atoms with Crippen molar-refractivity contribution in [3.63, 3.8) is 0 Å². The number of hydrazone groups is 1. The summed E-state index contributed by atoms with van der Waals surface area (Å²) in [5, 5.41) is 8.71. The molecule has 4 nitrogen and oxygen atoms in total.